The third-order valence-electron chi connectivity index (χ3n) is 2.99. The van der Waals surface area contributed by atoms with E-state index in [0.29, 0.717) is 5.56 Å². The van der Waals surface area contributed by atoms with Gasteiger partial charge in [-0.2, -0.15) is 0 Å². The predicted molar refractivity (Wildman–Crippen MR) is 79.0 cm³/mol. The van der Waals surface area contributed by atoms with Crippen LogP contribution in [0.1, 0.15) is 18.9 Å². The zero-order valence-electron chi connectivity index (χ0n) is 11.9. The Morgan fingerprint density at radius 1 is 1.48 bits per heavy atom. The van der Waals surface area contributed by atoms with Gasteiger partial charge in [0.15, 0.2) is 0 Å². The summed E-state index contributed by atoms with van der Waals surface area (Å²) >= 11 is 5.75. The number of hydrogen-bond donors (Lipinski definition) is 1. The van der Waals surface area contributed by atoms with Crippen molar-refractivity contribution in [2.24, 2.45) is 0 Å². The first-order valence-electron chi connectivity index (χ1n) is 6.16. The largest absolute Gasteiger partial charge is 0.393 e. The second-order valence-electron chi connectivity index (χ2n) is 4.79. The molecule has 118 valence electrons. The van der Waals surface area contributed by atoms with Gasteiger partial charge in [0.2, 0.25) is 10.0 Å². The fourth-order valence-electron chi connectivity index (χ4n) is 1.72. The summed E-state index contributed by atoms with van der Waals surface area (Å²) in [5, 5.41) is 20.0. The lowest BCUT2D eigenvalue weighted by Crippen LogP contribution is -2.30. The summed E-state index contributed by atoms with van der Waals surface area (Å²) in [6, 6.07) is 2.22. The standard InChI is InChI=1S/C12H17ClN2O5S/c1-8-6-10(13)11(15(17)18)7-12(8)21(19,20)14(3)5-4-9(2)16/h6-7,9,16H,4-5H2,1-3H3. The van der Waals surface area contributed by atoms with Gasteiger partial charge in [-0.1, -0.05) is 11.6 Å². The third kappa shape index (κ3) is 4.13. The second kappa shape index (κ2) is 6.69. The van der Waals surface area contributed by atoms with Crippen LogP contribution < -0.4 is 0 Å². The molecule has 0 aliphatic carbocycles. The number of aliphatic hydroxyl groups excluding tert-OH is 1. The molecule has 0 aliphatic heterocycles. The van der Waals surface area contributed by atoms with Gasteiger partial charge >= 0.3 is 0 Å². The van der Waals surface area contributed by atoms with Gasteiger partial charge in [-0.25, -0.2) is 12.7 Å². The van der Waals surface area contributed by atoms with Crippen LogP contribution in [0, 0.1) is 17.0 Å². The lowest BCUT2D eigenvalue weighted by atomic mass is 10.2. The molecule has 0 heterocycles. The highest BCUT2D eigenvalue weighted by atomic mass is 35.5. The minimum Gasteiger partial charge on any atom is -0.393 e. The minimum absolute atomic E-state index is 0.107. The molecule has 0 bridgehead atoms. The summed E-state index contributed by atoms with van der Waals surface area (Å²) in [6.07, 6.45) is -0.368. The van der Waals surface area contributed by atoms with Crippen molar-refractivity contribution in [3.05, 3.63) is 32.8 Å². The van der Waals surface area contributed by atoms with Crippen LogP contribution in [0.3, 0.4) is 0 Å². The van der Waals surface area contributed by atoms with Crippen molar-refractivity contribution >= 4 is 27.3 Å². The minimum atomic E-state index is -3.88. The molecule has 0 spiro atoms. The topological polar surface area (TPSA) is 101 Å². The smallest absolute Gasteiger partial charge is 0.289 e. The lowest BCUT2D eigenvalue weighted by Gasteiger charge is -2.19. The third-order valence-corrected chi connectivity index (χ3v) is 5.29. The van der Waals surface area contributed by atoms with Gasteiger partial charge in [-0.15, -0.1) is 0 Å². The van der Waals surface area contributed by atoms with Gasteiger partial charge in [0.25, 0.3) is 5.69 Å². The van der Waals surface area contributed by atoms with Crippen molar-refractivity contribution in [1.29, 1.82) is 0 Å². The van der Waals surface area contributed by atoms with E-state index in [1.54, 1.807) is 6.92 Å². The Hall–Kier alpha value is -1.22. The Labute approximate surface area is 128 Å². The lowest BCUT2D eigenvalue weighted by molar-refractivity contribution is -0.384. The van der Waals surface area contributed by atoms with E-state index in [4.69, 9.17) is 11.6 Å². The van der Waals surface area contributed by atoms with Crippen LogP contribution in [0.15, 0.2) is 17.0 Å². The molecule has 0 fully saturated rings. The molecule has 0 saturated carbocycles. The maximum Gasteiger partial charge on any atom is 0.289 e. The molecule has 1 atom stereocenters. The highest BCUT2D eigenvalue weighted by Crippen LogP contribution is 2.31. The number of nitro benzene ring substituents is 1. The van der Waals surface area contributed by atoms with Crippen LogP contribution in [-0.4, -0.2) is 42.4 Å². The molecule has 0 aliphatic rings. The van der Waals surface area contributed by atoms with E-state index in [0.717, 1.165) is 10.4 Å². The van der Waals surface area contributed by atoms with Crippen LogP contribution >= 0.6 is 11.6 Å². The quantitative estimate of drug-likeness (QED) is 0.632. The Bertz CT molecular complexity index is 645. The summed E-state index contributed by atoms with van der Waals surface area (Å²) in [7, 11) is -2.52. The molecule has 0 radical (unpaired) electrons. The second-order valence-corrected chi connectivity index (χ2v) is 7.21. The van der Waals surface area contributed by atoms with Crippen molar-refractivity contribution in [2.45, 2.75) is 31.3 Å². The van der Waals surface area contributed by atoms with Crippen LogP contribution in [-0.2, 0) is 10.0 Å². The van der Waals surface area contributed by atoms with Crippen molar-refractivity contribution in [3.63, 3.8) is 0 Å². The Morgan fingerprint density at radius 2 is 2.05 bits per heavy atom. The molecule has 0 saturated heterocycles. The van der Waals surface area contributed by atoms with E-state index >= 15 is 0 Å². The van der Waals surface area contributed by atoms with Crippen LogP contribution in [0.2, 0.25) is 5.02 Å². The van der Waals surface area contributed by atoms with Crippen molar-refractivity contribution < 1.29 is 18.4 Å². The number of hydrogen-bond acceptors (Lipinski definition) is 5. The molecular formula is C12H17ClN2O5S. The number of rotatable bonds is 6. The number of nitrogens with zero attached hydrogens (tertiary/aromatic N) is 2. The molecule has 1 N–H and O–H groups in total. The Kier molecular flexibility index (Phi) is 5.68. The summed E-state index contributed by atoms with van der Waals surface area (Å²) in [6.45, 7) is 3.18. The monoisotopic (exact) mass is 336 g/mol. The first kappa shape index (κ1) is 17.8. The van der Waals surface area contributed by atoms with Crippen molar-refractivity contribution in [3.8, 4) is 0 Å². The summed E-state index contributed by atoms with van der Waals surface area (Å²) in [4.78, 5) is 9.99. The van der Waals surface area contributed by atoms with Gasteiger partial charge < -0.3 is 5.11 Å². The molecule has 1 unspecified atom stereocenters. The molecule has 1 aromatic rings. The normalized spacial score (nSPS) is 13.4. The average molecular weight is 337 g/mol. The fourth-order valence-corrected chi connectivity index (χ4v) is 3.41. The first-order valence-corrected chi connectivity index (χ1v) is 7.98. The summed E-state index contributed by atoms with van der Waals surface area (Å²) in [5.74, 6) is 0. The van der Waals surface area contributed by atoms with E-state index < -0.39 is 26.7 Å². The molecule has 7 nitrogen and oxygen atoms in total. The highest BCUT2D eigenvalue weighted by Gasteiger charge is 2.27. The van der Waals surface area contributed by atoms with Gasteiger partial charge in [-0.3, -0.25) is 10.1 Å². The van der Waals surface area contributed by atoms with Gasteiger partial charge in [-0.05, 0) is 31.9 Å². The number of nitro groups is 1. The van der Waals surface area contributed by atoms with E-state index in [2.05, 4.69) is 0 Å². The van der Waals surface area contributed by atoms with Crippen LogP contribution in [0.5, 0.6) is 0 Å². The van der Waals surface area contributed by atoms with Crippen LogP contribution in [0.25, 0.3) is 0 Å². The van der Waals surface area contributed by atoms with E-state index in [1.165, 1.54) is 20.0 Å². The molecule has 0 amide bonds. The molecular weight excluding hydrogens is 320 g/mol. The summed E-state index contributed by atoms with van der Waals surface area (Å²) in [5.41, 5.74) is -0.126. The zero-order chi connectivity index (χ0) is 16.4. The van der Waals surface area contributed by atoms with E-state index in [1.807, 2.05) is 0 Å². The number of sulfonamides is 1. The number of aliphatic hydroxyl groups is 1. The molecule has 1 rings (SSSR count). The zero-order valence-corrected chi connectivity index (χ0v) is 13.5. The first-order chi connectivity index (χ1) is 9.57. The summed E-state index contributed by atoms with van der Waals surface area (Å²) < 4.78 is 25.9. The van der Waals surface area contributed by atoms with E-state index in [-0.39, 0.29) is 22.9 Å². The Balaban J connectivity index is 3.25. The van der Waals surface area contributed by atoms with Crippen molar-refractivity contribution in [2.75, 3.05) is 13.6 Å². The fraction of sp³-hybridized carbons (Fsp3) is 0.500. The van der Waals surface area contributed by atoms with E-state index in [9.17, 15) is 23.6 Å². The van der Waals surface area contributed by atoms with Crippen LogP contribution in [0.4, 0.5) is 5.69 Å². The number of aryl methyl sites for hydroxylation is 1. The number of halogens is 1. The predicted octanol–water partition coefficient (Wildman–Crippen LogP) is 1.95. The molecule has 0 aromatic heterocycles. The molecule has 1 aromatic carbocycles. The SMILES string of the molecule is Cc1cc(Cl)c([N+](=O)[O-])cc1S(=O)(=O)N(C)CCC(C)O. The highest BCUT2D eigenvalue weighted by molar-refractivity contribution is 7.89. The number of benzene rings is 1. The van der Waals surface area contributed by atoms with Crippen molar-refractivity contribution in [1.82, 2.24) is 4.31 Å². The van der Waals surface area contributed by atoms with Gasteiger partial charge in [0.05, 0.1) is 15.9 Å². The van der Waals surface area contributed by atoms with Gasteiger partial charge in [0.1, 0.15) is 5.02 Å². The maximum atomic E-state index is 12.4. The maximum absolute atomic E-state index is 12.4. The average Bonchev–Trinajstić information content (AvgIpc) is 2.34. The Morgan fingerprint density at radius 3 is 2.52 bits per heavy atom. The van der Waals surface area contributed by atoms with Gasteiger partial charge in [0, 0.05) is 19.7 Å². The molecule has 21 heavy (non-hydrogen) atoms. The molecule has 9 heteroatoms.